The Bertz CT molecular complexity index is 1940. The first-order valence-corrected chi connectivity index (χ1v) is 18.3. The Hall–Kier alpha value is -4.99. The molecule has 2 atom stereocenters. The largest absolute Gasteiger partial charge is 0.504 e. The van der Waals surface area contributed by atoms with Gasteiger partial charge in [-0.15, -0.1) is 33.3 Å². The average molecular weight is 777 g/mol. The van der Waals surface area contributed by atoms with Gasteiger partial charge in [0.2, 0.25) is 11.4 Å². The number of aromatic nitrogens is 5. The summed E-state index contributed by atoms with van der Waals surface area (Å²) < 4.78 is 0.620. The van der Waals surface area contributed by atoms with Gasteiger partial charge in [-0.2, -0.15) is 5.21 Å². The standard InChI is InChI=1S/C30H34ClN11O8S2/c1-30(2,28(48)49)50-38-19(17-13-52-29(32)34-17)25(46)35-20-26(47)41-21(23-36-39-40-37-23)15(12-51-27(20)41)11-42(6-3-4-7-42)8-5-33-24(45)14-9-16(31)22(44)18(43)10-14/h9-10,13,20,27H,3-8,11-12H2,1-2H3,(H7-,32,33,34,35,36,37,38,39,40,43,44,45,46,48,49)/p+1/t20-,27-/m1/s1. The summed E-state index contributed by atoms with van der Waals surface area (Å²) in [6, 6.07) is 1.44. The Balaban J connectivity index is 1.19. The minimum Gasteiger partial charge on any atom is -0.504 e. The molecule has 0 bridgehead atoms. The minimum absolute atomic E-state index is 0.0524. The number of aliphatic carboxylic acids is 1. The lowest BCUT2D eigenvalue weighted by molar-refractivity contribution is -0.911. The number of fused-ring (bicyclic) bond motifs is 1. The zero-order chi connectivity index (χ0) is 37.4. The van der Waals surface area contributed by atoms with Crippen molar-refractivity contribution in [1.29, 1.82) is 0 Å². The predicted molar refractivity (Wildman–Crippen MR) is 188 cm³/mol. The van der Waals surface area contributed by atoms with Crippen molar-refractivity contribution < 1.29 is 43.8 Å². The normalized spacial score (nSPS) is 19.9. The van der Waals surface area contributed by atoms with Crippen molar-refractivity contribution in [2.75, 3.05) is 44.2 Å². The number of thiazole rings is 1. The quantitative estimate of drug-likeness (QED) is 0.0415. The lowest BCUT2D eigenvalue weighted by Crippen LogP contribution is -2.70. The number of β-lactam (4-membered cyclic amide) rings is 1. The van der Waals surface area contributed by atoms with Crippen molar-refractivity contribution in [3.63, 3.8) is 0 Å². The second-order valence-electron chi connectivity index (χ2n) is 12.9. The summed E-state index contributed by atoms with van der Waals surface area (Å²) in [5.74, 6) is -3.31. The highest BCUT2D eigenvalue weighted by atomic mass is 35.5. The van der Waals surface area contributed by atoms with Crippen LogP contribution in [0.1, 0.15) is 48.6 Å². The highest BCUT2D eigenvalue weighted by Crippen LogP contribution is 2.44. The van der Waals surface area contributed by atoms with Gasteiger partial charge in [-0.1, -0.05) is 16.8 Å². The lowest BCUT2D eigenvalue weighted by atomic mass is 10.0. The molecular weight excluding hydrogens is 742 g/mol. The van der Waals surface area contributed by atoms with E-state index in [1.165, 1.54) is 42.0 Å². The maximum Gasteiger partial charge on any atom is 0.350 e. The molecule has 22 heteroatoms. The van der Waals surface area contributed by atoms with Crippen LogP contribution in [0, 0.1) is 0 Å². The van der Waals surface area contributed by atoms with Gasteiger partial charge in [0.1, 0.15) is 23.7 Å². The number of carboxylic acid groups (broad SMARTS) is 1. The number of hydrogen-bond donors (Lipinski definition) is 7. The number of thioether (sulfide) groups is 1. The number of tetrazole rings is 1. The van der Waals surface area contributed by atoms with E-state index >= 15 is 0 Å². The number of carboxylic acids is 1. The van der Waals surface area contributed by atoms with E-state index in [-0.39, 0.29) is 32.9 Å². The van der Waals surface area contributed by atoms with E-state index < -0.39 is 52.2 Å². The fourth-order valence-corrected chi connectivity index (χ4v) is 8.28. The van der Waals surface area contributed by atoms with Crippen LogP contribution in [0.2, 0.25) is 5.02 Å². The van der Waals surface area contributed by atoms with Gasteiger partial charge < -0.3 is 41.0 Å². The molecular formula is C30H35ClN11O8S2+. The number of carbonyl (C=O) groups excluding carboxylic acids is 3. The molecule has 0 radical (unpaired) electrons. The van der Waals surface area contributed by atoms with Crippen molar-refractivity contribution in [3.05, 3.63) is 45.2 Å². The van der Waals surface area contributed by atoms with Gasteiger partial charge in [0.05, 0.1) is 36.9 Å². The molecule has 2 fully saturated rings. The molecule has 52 heavy (non-hydrogen) atoms. The number of phenols is 2. The summed E-state index contributed by atoms with van der Waals surface area (Å²) in [7, 11) is 0. The number of amides is 3. The molecule has 5 heterocycles. The number of aromatic hydroxyl groups is 2. The van der Waals surface area contributed by atoms with Crippen LogP contribution in [-0.4, -0.2) is 135 Å². The fourth-order valence-electron chi connectivity index (χ4n) is 6.18. The Kier molecular flexibility index (Phi) is 10.3. The van der Waals surface area contributed by atoms with Gasteiger partial charge in [-0.05, 0) is 31.2 Å². The van der Waals surface area contributed by atoms with Crippen molar-refractivity contribution in [2.24, 2.45) is 5.16 Å². The van der Waals surface area contributed by atoms with Gasteiger partial charge in [-0.3, -0.25) is 19.3 Å². The third-order valence-corrected chi connectivity index (χ3v) is 11.3. The molecule has 3 amide bonds. The molecule has 0 aliphatic carbocycles. The predicted octanol–water partition coefficient (Wildman–Crippen LogP) is 0.739. The number of oxime groups is 1. The molecule has 6 rings (SSSR count). The third kappa shape index (κ3) is 7.34. The maximum absolute atomic E-state index is 13.8. The summed E-state index contributed by atoms with van der Waals surface area (Å²) in [6.07, 6.45) is 1.93. The molecule has 2 saturated heterocycles. The minimum atomic E-state index is -1.76. The number of rotatable bonds is 13. The van der Waals surface area contributed by atoms with Gasteiger partial charge >= 0.3 is 5.97 Å². The Morgan fingerprint density at radius 2 is 2.00 bits per heavy atom. The van der Waals surface area contributed by atoms with Crippen molar-refractivity contribution in [3.8, 4) is 11.5 Å². The highest BCUT2D eigenvalue weighted by Gasteiger charge is 2.55. The second-order valence-corrected chi connectivity index (χ2v) is 15.3. The van der Waals surface area contributed by atoms with Crippen LogP contribution < -0.4 is 16.4 Å². The van der Waals surface area contributed by atoms with Crippen LogP contribution >= 0.6 is 34.7 Å². The van der Waals surface area contributed by atoms with E-state index in [0.717, 1.165) is 48.9 Å². The Morgan fingerprint density at radius 1 is 1.25 bits per heavy atom. The van der Waals surface area contributed by atoms with E-state index in [4.69, 9.17) is 22.2 Å². The average Bonchev–Trinajstić information content (AvgIpc) is 3.89. The number of aromatic amines is 1. The summed E-state index contributed by atoms with van der Waals surface area (Å²) >= 11 is 8.43. The topological polar surface area (TPSA) is 271 Å². The maximum atomic E-state index is 13.8. The van der Waals surface area contributed by atoms with Crippen LogP contribution in [0.25, 0.3) is 5.70 Å². The van der Waals surface area contributed by atoms with Crippen LogP contribution in [0.4, 0.5) is 5.13 Å². The zero-order valence-corrected chi connectivity index (χ0v) is 30.2. The van der Waals surface area contributed by atoms with Gasteiger partial charge in [0.15, 0.2) is 22.3 Å². The van der Waals surface area contributed by atoms with Gasteiger partial charge in [0.25, 0.3) is 17.7 Å². The molecule has 0 spiro atoms. The van der Waals surface area contributed by atoms with Crippen LogP contribution in [-0.2, 0) is 19.2 Å². The van der Waals surface area contributed by atoms with Gasteiger partial charge in [0, 0.05) is 35.1 Å². The fraction of sp³-hybridized carbons (Fsp3) is 0.433. The molecule has 2 aromatic heterocycles. The first-order valence-electron chi connectivity index (χ1n) is 16.0. The number of quaternary nitrogens is 1. The monoisotopic (exact) mass is 776 g/mol. The molecule has 19 nitrogen and oxygen atoms in total. The van der Waals surface area contributed by atoms with Crippen LogP contribution in [0.15, 0.2) is 28.2 Å². The number of hydrogen-bond acceptors (Lipinski definition) is 15. The number of anilines is 1. The van der Waals surface area contributed by atoms with Crippen molar-refractivity contribution in [2.45, 2.75) is 43.7 Å². The summed E-state index contributed by atoms with van der Waals surface area (Å²) in [4.78, 5) is 62.7. The molecule has 3 aromatic rings. The Morgan fingerprint density at radius 3 is 2.63 bits per heavy atom. The number of benzene rings is 1. The number of halogens is 1. The number of carbonyl (C=O) groups is 4. The highest BCUT2D eigenvalue weighted by molar-refractivity contribution is 8.00. The van der Waals surface area contributed by atoms with E-state index in [1.807, 2.05) is 0 Å². The number of likely N-dealkylation sites (tertiary alicyclic amines) is 1. The molecule has 3 aliphatic heterocycles. The Labute approximate surface area is 308 Å². The second kappa shape index (κ2) is 14.6. The van der Waals surface area contributed by atoms with Gasteiger partial charge in [-0.25, -0.2) is 9.78 Å². The first-order chi connectivity index (χ1) is 24.7. The van der Waals surface area contributed by atoms with E-state index in [2.05, 4.69) is 41.4 Å². The molecule has 8 N–H and O–H groups in total. The third-order valence-electron chi connectivity index (χ3n) is 8.97. The molecule has 0 saturated carbocycles. The summed E-state index contributed by atoms with van der Waals surface area (Å²) in [5, 5.41) is 53.9. The van der Waals surface area contributed by atoms with E-state index in [1.54, 1.807) is 0 Å². The zero-order valence-electron chi connectivity index (χ0n) is 27.8. The summed E-state index contributed by atoms with van der Waals surface area (Å²) in [5.41, 5.74) is 5.21. The summed E-state index contributed by atoms with van der Waals surface area (Å²) in [6.45, 7) is 5.60. The lowest BCUT2D eigenvalue weighted by Gasteiger charge is -2.50. The van der Waals surface area contributed by atoms with E-state index in [0.29, 0.717) is 35.6 Å². The molecule has 276 valence electrons. The molecule has 3 aliphatic rings. The van der Waals surface area contributed by atoms with Crippen molar-refractivity contribution in [1.82, 2.24) is 41.1 Å². The number of phenolic OH excluding ortho intramolecular Hbond substituents is 2. The van der Waals surface area contributed by atoms with Crippen LogP contribution in [0.5, 0.6) is 11.5 Å². The number of H-pyrrole nitrogens is 1. The smallest absolute Gasteiger partial charge is 0.350 e. The number of nitrogen functional groups attached to an aromatic ring is 1. The number of nitrogens with one attached hydrogen (secondary N) is 3. The molecule has 0 unspecified atom stereocenters. The van der Waals surface area contributed by atoms with E-state index in [9.17, 15) is 34.5 Å². The van der Waals surface area contributed by atoms with Crippen molar-refractivity contribution >= 4 is 74.9 Å². The molecule has 1 aromatic carbocycles. The number of nitrogens with two attached hydrogens (primary N) is 1. The SMILES string of the molecule is CC(C)(O/N=C(\C(=O)N[C@@H]1C(=O)N2C(c3nn[nH]n3)=C(C[N+]3(CCNC(=O)c4cc(O)c(O)c(Cl)c4)CCCC3)CS[C@H]12)c1csc(N)n1)C(=O)O. The first kappa shape index (κ1) is 36.8. The number of nitrogens with zero attached hydrogens (tertiary/aromatic N) is 7. The van der Waals surface area contributed by atoms with Crippen LogP contribution in [0.3, 0.4) is 0 Å².